The van der Waals surface area contributed by atoms with E-state index in [0.29, 0.717) is 5.84 Å². The van der Waals surface area contributed by atoms with E-state index in [9.17, 15) is 1.37 Å². The molecule has 0 unspecified atom stereocenters. The second kappa shape index (κ2) is 13.4. The first-order valence-corrected chi connectivity index (χ1v) is 22.3. The Bertz CT molecular complexity index is 4230. The summed E-state index contributed by atoms with van der Waals surface area (Å²) in [6, 6.07) is 69.1. The molecule has 3 nitrogen and oxygen atoms in total. The lowest BCUT2D eigenvalue weighted by Gasteiger charge is -2.17. The summed E-state index contributed by atoms with van der Waals surface area (Å²) in [6.45, 7) is 0. The first kappa shape index (κ1) is 33.9. The molecule has 0 spiro atoms. The fourth-order valence-corrected chi connectivity index (χ4v) is 11.3. The minimum atomic E-state index is -0.708. The van der Waals surface area contributed by atoms with Gasteiger partial charge in [0.2, 0.25) is 0 Å². The van der Waals surface area contributed by atoms with Crippen LogP contribution in [-0.4, -0.2) is 9.38 Å². The van der Waals surface area contributed by atoms with E-state index in [0.717, 1.165) is 69.9 Å². The van der Waals surface area contributed by atoms with Gasteiger partial charge in [-0.2, -0.15) is 4.98 Å². The van der Waals surface area contributed by atoms with Crippen LogP contribution in [0, 0.1) is 0 Å². The SMILES string of the molecule is [2H]C1(c2ccc3c(oc4nc5ccccc5n43)c2-c2ccc3c4ccccc4c4cc5c6ccccc6c6ccccc6c6ccccc6c5cc4c4ccccc4c3c2)CCCC1. The van der Waals surface area contributed by atoms with E-state index in [1.807, 2.05) is 12.1 Å². The van der Waals surface area contributed by atoms with E-state index < -0.39 is 5.89 Å². The highest BCUT2D eigenvalue weighted by Crippen LogP contribution is 2.46. The van der Waals surface area contributed by atoms with Crippen molar-refractivity contribution in [3.8, 4) is 11.1 Å². The Labute approximate surface area is 364 Å². The average molecular weight is 806 g/mol. The van der Waals surface area contributed by atoms with Gasteiger partial charge in [0.05, 0.1) is 16.6 Å². The summed E-state index contributed by atoms with van der Waals surface area (Å²) in [5.41, 5.74) is 6.75. The Morgan fingerprint density at radius 3 is 1.32 bits per heavy atom. The van der Waals surface area contributed by atoms with Crippen LogP contribution in [0.25, 0.3) is 125 Å². The number of benzene rings is 9. The lowest BCUT2D eigenvalue weighted by Crippen LogP contribution is -1.97. The van der Waals surface area contributed by atoms with Crippen LogP contribution < -0.4 is 0 Å². The number of oxazole rings is 1. The molecule has 63 heavy (non-hydrogen) atoms. The summed E-state index contributed by atoms with van der Waals surface area (Å²) in [6.07, 6.45) is 3.75. The van der Waals surface area contributed by atoms with Gasteiger partial charge in [0.1, 0.15) is 0 Å². The van der Waals surface area contributed by atoms with Gasteiger partial charge >= 0.3 is 5.84 Å². The zero-order valence-electron chi connectivity index (χ0n) is 35.5. The van der Waals surface area contributed by atoms with Crippen LogP contribution in [0.15, 0.2) is 192 Å². The first-order chi connectivity index (χ1) is 31.6. The molecular formula is C60H40N2O. The number of hydrogen-bond donors (Lipinski definition) is 0. The van der Waals surface area contributed by atoms with Crippen molar-refractivity contribution in [2.24, 2.45) is 0 Å². The zero-order chi connectivity index (χ0) is 42.1. The summed E-state index contributed by atoms with van der Waals surface area (Å²) in [4.78, 5) is 4.93. The first-order valence-electron chi connectivity index (χ1n) is 22.8. The van der Waals surface area contributed by atoms with Gasteiger partial charge < -0.3 is 4.42 Å². The van der Waals surface area contributed by atoms with Crippen LogP contribution in [0.3, 0.4) is 0 Å². The van der Waals surface area contributed by atoms with Gasteiger partial charge in [-0.3, -0.25) is 4.40 Å². The molecule has 13 aromatic rings. The van der Waals surface area contributed by atoms with E-state index in [-0.39, 0.29) is 0 Å². The third-order valence-electron chi connectivity index (χ3n) is 14.1. The maximum absolute atomic E-state index is 9.94. The van der Waals surface area contributed by atoms with Crippen molar-refractivity contribution in [1.29, 1.82) is 0 Å². The standard InChI is InChI=1S/C60H40N2O/c1-2-16-36(15-1)38-31-32-57-59(63-60-61-55-27-13-14-28-56(55)62(57)60)58(38)37-29-30-49-43-21-7-10-24-46(43)53-34-51-44-22-8-5-19-41(44)39-17-3-4-18-40(39)42-20-6-9-23-45(42)52(51)35-54(53)48-26-12-11-25-47(48)50(49)33-37/h3-14,17-36H,1-2,15-16H2/i36D. The van der Waals surface area contributed by atoms with Gasteiger partial charge in [-0.25, -0.2) is 0 Å². The molecule has 14 rings (SSSR count). The largest absolute Gasteiger partial charge is 0.422 e. The fourth-order valence-electron chi connectivity index (χ4n) is 11.3. The summed E-state index contributed by atoms with van der Waals surface area (Å²) < 4.78 is 18.9. The van der Waals surface area contributed by atoms with Crippen LogP contribution >= 0.6 is 0 Å². The molecule has 0 radical (unpaired) electrons. The van der Waals surface area contributed by atoms with Gasteiger partial charge in [0.15, 0.2) is 5.58 Å². The Morgan fingerprint density at radius 1 is 0.413 bits per heavy atom. The van der Waals surface area contributed by atoms with Crippen molar-refractivity contribution in [3.63, 3.8) is 0 Å². The molecule has 296 valence electrons. The zero-order valence-corrected chi connectivity index (χ0v) is 34.5. The number of imidazole rings is 1. The van der Waals surface area contributed by atoms with Crippen LogP contribution in [0.1, 0.15) is 38.5 Å². The number of nitrogens with zero attached hydrogens (tertiary/aromatic N) is 2. The molecule has 0 bridgehead atoms. The highest BCUT2D eigenvalue weighted by atomic mass is 16.4. The van der Waals surface area contributed by atoms with Crippen molar-refractivity contribution in [2.45, 2.75) is 31.6 Å². The molecule has 0 aliphatic heterocycles. The number of aromatic nitrogens is 2. The second-order valence-electron chi connectivity index (χ2n) is 17.4. The summed E-state index contributed by atoms with van der Waals surface area (Å²) >= 11 is 0. The molecule has 11 aromatic carbocycles. The summed E-state index contributed by atoms with van der Waals surface area (Å²) in [7, 11) is 0. The van der Waals surface area contributed by atoms with E-state index in [1.165, 1.54) is 80.8 Å². The van der Waals surface area contributed by atoms with Crippen LogP contribution in [0.5, 0.6) is 0 Å². The van der Waals surface area contributed by atoms with E-state index in [2.05, 4.69) is 180 Å². The van der Waals surface area contributed by atoms with Crippen LogP contribution in [0.2, 0.25) is 0 Å². The Balaban J connectivity index is 1.16. The number of para-hydroxylation sites is 2. The van der Waals surface area contributed by atoms with E-state index in [1.54, 1.807) is 0 Å². The van der Waals surface area contributed by atoms with Gasteiger partial charge in [-0.05, 0) is 152 Å². The van der Waals surface area contributed by atoms with Gasteiger partial charge in [0.25, 0.3) is 0 Å². The molecule has 1 saturated carbocycles. The molecule has 3 heteroatoms. The summed E-state index contributed by atoms with van der Waals surface area (Å²) in [5.74, 6) is -0.134. The van der Waals surface area contributed by atoms with Crippen LogP contribution in [-0.2, 0) is 0 Å². The molecule has 1 fully saturated rings. The van der Waals surface area contributed by atoms with E-state index >= 15 is 0 Å². The molecule has 0 atom stereocenters. The predicted octanol–water partition coefficient (Wildman–Crippen LogP) is 16.9. The minimum Gasteiger partial charge on any atom is -0.422 e. The molecule has 1 aliphatic rings. The molecule has 2 heterocycles. The maximum atomic E-state index is 9.94. The van der Waals surface area contributed by atoms with Gasteiger partial charge in [0, 0.05) is 6.93 Å². The van der Waals surface area contributed by atoms with Crippen molar-refractivity contribution in [1.82, 2.24) is 9.38 Å². The topological polar surface area (TPSA) is 30.4 Å². The Kier molecular flexibility index (Phi) is 7.20. The highest BCUT2D eigenvalue weighted by Gasteiger charge is 2.26. The monoisotopic (exact) mass is 805 g/mol. The second-order valence-corrected chi connectivity index (χ2v) is 17.4. The van der Waals surface area contributed by atoms with Crippen molar-refractivity contribution < 1.29 is 5.79 Å². The predicted molar refractivity (Wildman–Crippen MR) is 267 cm³/mol. The van der Waals surface area contributed by atoms with E-state index in [4.69, 9.17) is 9.40 Å². The molecule has 0 N–H and O–H groups in total. The van der Waals surface area contributed by atoms with Crippen molar-refractivity contribution in [3.05, 3.63) is 194 Å². The molecule has 0 saturated heterocycles. The quantitative estimate of drug-likeness (QED) is 0.174. The third-order valence-corrected chi connectivity index (χ3v) is 14.1. The van der Waals surface area contributed by atoms with Crippen molar-refractivity contribution >= 4 is 114 Å². The average Bonchev–Trinajstić information content (AvgIpc) is 4.06. The van der Waals surface area contributed by atoms with Crippen molar-refractivity contribution in [2.75, 3.05) is 0 Å². The Hall–Kier alpha value is -7.75. The molecular weight excluding hydrogens is 765 g/mol. The fraction of sp³-hybridized carbons (Fsp3) is 0.0833. The third kappa shape index (κ3) is 5.05. The lowest BCUT2D eigenvalue weighted by molar-refractivity contribution is 0.641. The van der Waals surface area contributed by atoms with Gasteiger partial charge in [-0.15, -0.1) is 0 Å². The normalized spacial score (nSPS) is 14.4. The Morgan fingerprint density at radius 2 is 0.825 bits per heavy atom. The number of hydrogen-bond acceptors (Lipinski definition) is 2. The summed E-state index contributed by atoms with van der Waals surface area (Å²) in [5, 5.41) is 19.4. The lowest BCUT2D eigenvalue weighted by atomic mass is 9.86. The smallest absolute Gasteiger partial charge is 0.307 e. The number of fused-ring (bicyclic) bond motifs is 21. The molecule has 0 amide bonds. The molecule has 2 aromatic heterocycles. The van der Waals surface area contributed by atoms with Gasteiger partial charge in [-0.1, -0.05) is 165 Å². The minimum absolute atomic E-state index is 0.574. The molecule has 1 aliphatic carbocycles. The highest BCUT2D eigenvalue weighted by molar-refractivity contribution is 6.32. The maximum Gasteiger partial charge on any atom is 0.307 e. The van der Waals surface area contributed by atoms with Crippen LogP contribution in [0.4, 0.5) is 0 Å². The number of rotatable bonds is 2.